The Labute approximate surface area is 234 Å². The molecule has 1 heterocycles. The summed E-state index contributed by atoms with van der Waals surface area (Å²) in [6.45, 7) is 15.1. The number of nitrogens with two attached hydrogens (primary N) is 1. The topological polar surface area (TPSA) is 79.5 Å². The van der Waals surface area contributed by atoms with Gasteiger partial charge in [0.05, 0.1) is 13.2 Å². The number of anilines is 1. The fourth-order valence-corrected chi connectivity index (χ4v) is 5.00. The van der Waals surface area contributed by atoms with Crippen molar-refractivity contribution < 1.29 is 9.84 Å². The lowest BCUT2D eigenvalue weighted by Gasteiger charge is -2.20. The van der Waals surface area contributed by atoms with E-state index >= 15 is 0 Å². The summed E-state index contributed by atoms with van der Waals surface area (Å²) >= 11 is 0. The molecule has 0 fully saturated rings. The molecule has 0 saturated carbocycles. The average Bonchev–Trinajstić information content (AvgIpc) is 3.51. The van der Waals surface area contributed by atoms with Gasteiger partial charge in [0.1, 0.15) is 5.82 Å². The fourth-order valence-electron chi connectivity index (χ4n) is 5.00. The summed E-state index contributed by atoms with van der Waals surface area (Å²) in [6, 6.07) is 15.2. The van der Waals surface area contributed by atoms with Crippen LogP contribution in [0.4, 0.5) is 5.69 Å². The predicted molar refractivity (Wildman–Crippen MR) is 165 cm³/mol. The highest BCUT2D eigenvalue weighted by molar-refractivity contribution is 5.88. The van der Waals surface area contributed by atoms with Crippen LogP contribution in [0.1, 0.15) is 75.6 Å². The van der Waals surface area contributed by atoms with Crippen LogP contribution in [0.3, 0.4) is 0 Å². The van der Waals surface area contributed by atoms with Crippen molar-refractivity contribution in [2.24, 2.45) is 5.73 Å². The zero-order chi connectivity index (χ0) is 28.4. The summed E-state index contributed by atoms with van der Waals surface area (Å²) in [6.07, 6.45) is 12.8. The van der Waals surface area contributed by atoms with Crippen LogP contribution in [-0.2, 0) is 11.2 Å². The highest BCUT2D eigenvalue weighted by Crippen LogP contribution is 2.42. The van der Waals surface area contributed by atoms with Gasteiger partial charge in [0.2, 0.25) is 0 Å². The van der Waals surface area contributed by atoms with Crippen LogP contribution in [0.25, 0.3) is 5.57 Å². The third-order valence-corrected chi connectivity index (χ3v) is 6.86. The van der Waals surface area contributed by atoms with Crippen molar-refractivity contribution in [2.75, 3.05) is 18.5 Å². The van der Waals surface area contributed by atoms with Crippen LogP contribution in [0.15, 0.2) is 96.5 Å². The predicted octanol–water partition coefficient (Wildman–Crippen LogP) is 7.14. The molecule has 5 N–H and O–H groups in total. The number of ether oxygens (including phenoxy) is 1. The smallest absolute Gasteiger partial charge is 0.161 e. The molecular formula is C34H45N3O2. The van der Waals surface area contributed by atoms with Gasteiger partial charge in [-0.3, -0.25) is 0 Å². The largest absolute Gasteiger partial charge is 0.385 e. The molecule has 2 aromatic rings. The van der Waals surface area contributed by atoms with Crippen LogP contribution in [0.5, 0.6) is 0 Å². The number of benzene rings is 2. The Bertz CT molecular complexity index is 1270. The van der Waals surface area contributed by atoms with Crippen molar-refractivity contribution in [1.82, 2.24) is 5.32 Å². The summed E-state index contributed by atoms with van der Waals surface area (Å²) in [5.74, 6) is 0.721. The van der Waals surface area contributed by atoms with Crippen LogP contribution in [-0.4, -0.2) is 24.0 Å². The Morgan fingerprint density at radius 3 is 2.69 bits per heavy atom. The zero-order valence-corrected chi connectivity index (χ0v) is 24.2. The van der Waals surface area contributed by atoms with Gasteiger partial charge in [0, 0.05) is 28.9 Å². The molecule has 2 unspecified atom stereocenters. The molecular weight excluding hydrogens is 482 g/mol. The van der Waals surface area contributed by atoms with E-state index in [2.05, 4.69) is 84.8 Å². The molecule has 0 aromatic heterocycles. The molecule has 1 aliphatic heterocycles. The van der Waals surface area contributed by atoms with Crippen molar-refractivity contribution in [1.29, 1.82) is 0 Å². The Morgan fingerprint density at radius 1 is 1.23 bits per heavy atom. The zero-order valence-electron chi connectivity index (χ0n) is 24.2. The first-order valence-corrected chi connectivity index (χ1v) is 14.0. The summed E-state index contributed by atoms with van der Waals surface area (Å²) in [5, 5.41) is 17.4. The SMILES string of the molecule is C=C(C)/C=C(\N)N/C=C1/c2cc(C(CC)c3cccc(CCOCC4=CC=CC4)c3)ccc2NC1(C)O.CC. The fraction of sp³-hybridized carbons (Fsp3) is 0.353. The number of nitrogens with one attached hydrogen (secondary N) is 2. The molecule has 0 radical (unpaired) electrons. The molecule has 2 atom stereocenters. The van der Waals surface area contributed by atoms with E-state index in [0.29, 0.717) is 19.0 Å². The second-order valence-electron chi connectivity index (χ2n) is 10.1. The minimum absolute atomic E-state index is 0.244. The Morgan fingerprint density at radius 2 is 2.00 bits per heavy atom. The molecule has 0 spiro atoms. The summed E-state index contributed by atoms with van der Waals surface area (Å²) in [7, 11) is 0. The van der Waals surface area contributed by atoms with Crippen molar-refractivity contribution in [2.45, 2.75) is 65.5 Å². The Kier molecular flexibility index (Phi) is 10.8. The Hall–Kier alpha value is -3.54. The number of hydrogen-bond donors (Lipinski definition) is 4. The van der Waals surface area contributed by atoms with E-state index in [9.17, 15) is 5.11 Å². The van der Waals surface area contributed by atoms with E-state index in [0.717, 1.165) is 41.7 Å². The molecule has 2 aromatic carbocycles. The van der Waals surface area contributed by atoms with Crippen molar-refractivity contribution in [3.05, 3.63) is 119 Å². The molecule has 1 aliphatic carbocycles. The highest BCUT2D eigenvalue weighted by atomic mass is 16.5. The molecule has 5 heteroatoms. The maximum absolute atomic E-state index is 11.1. The lowest BCUT2D eigenvalue weighted by Crippen LogP contribution is -2.31. The number of aliphatic hydroxyl groups is 1. The molecule has 0 saturated heterocycles. The first-order chi connectivity index (χ1) is 18.8. The second-order valence-corrected chi connectivity index (χ2v) is 10.1. The summed E-state index contributed by atoms with van der Waals surface area (Å²) in [5.41, 5.74) is 13.4. The van der Waals surface area contributed by atoms with Crippen molar-refractivity contribution in [3.8, 4) is 0 Å². The van der Waals surface area contributed by atoms with E-state index in [1.54, 1.807) is 19.2 Å². The minimum Gasteiger partial charge on any atom is -0.385 e. The number of allylic oxidation sites excluding steroid dienone is 5. The number of hydrogen-bond acceptors (Lipinski definition) is 5. The van der Waals surface area contributed by atoms with Gasteiger partial charge < -0.3 is 26.2 Å². The van der Waals surface area contributed by atoms with Crippen molar-refractivity contribution >= 4 is 11.3 Å². The average molecular weight is 528 g/mol. The van der Waals surface area contributed by atoms with E-state index < -0.39 is 5.72 Å². The molecule has 5 nitrogen and oxygen atoms in total. The highest BCUT2D eigenvalue weighted by Gasteiger charge is 2.36. The standard InChI is InChI=1S/C32H39N3O2.C2H6/c1-5-27(25-12-8-11-23(18-25)15-16-37-21-24-9-6-7-10-24)26-13-14-30-28(19-26)29(32(4,36)35-30)20-34-31(33)17-22(2)3;1-2/h6-9,11-14,17-20,27,34-36H,2,5,10,15-16,21,33H2,1,3-4H3;1-2H3/b29-20-,31-17+;. The maximum atomic E-state index is 11.1. The van der Waals surface area contributed by atoms with Gasteiger partial charge in [0.15, 0.2) is 5.72 Å². The Balaban J connectivity index is 0.00000205. The summed E-state index contributed by atoms with van der Waals surface area (Å²) in [4.78, 5) is 0. The van der Waals surface area contributed by atoms with Gasteiger partial charge in [-0.2, -0.15) is 0 Å². The van der Waals surface area contributed by atoms with Gasteiger partial charge >= 0.3 is 0 Å². The monoisotopic (exact) mass is 527 g/mol. The van der Waals surface area contributed by atoms with Crippen LogP contribution in [0.2, 0.25) is 0 Å². The van der Waals surface area contributed by atoms with E-state index in [-0.39, 0.29) is 5.92 Å². The maximum Gasteiger partial charge on any atom is 0.161 e. The van der Waals surface area contributed by atoms with Gasteiger partial charge in [-0.1, -0.05) is 81.5 Å². The third-order valence-electron chi connectivity index (χ3n) is 6.86. The van der Waals surface area contributed by atoms with Gasteiger partial charge in [-0.25, -0.2) is 0 Å². The lowest BCUT2D eigenvalue weighted by atomic mass is 9.86. The van der Waals surface area contributed by atoms with Crippen LogP contribution >= 0.6 is 0 Å². The summed E-state index contributed by atoms with van der Waals surface area (Å²) < 4.78 is 5.91. The normalized spacial score (nSPS) is 19.6. The molecule has 4 rings (SSSR count). The third kappa shape index (κ3) is 7.98. The van der Waals surface area contributed by atoms with Crippen molar-refractivity contribution in [3.63, 3.8) is 0 Å². The number of rotatable bonds is 11. The van der Waals surface area contributed by atoms with Gasteiger partial charge in [0.25, 0.3) is 0 Å². The first kappa shape index (κ1) is 30.0. The second kappa shape index (κ2) is 14.0. The van der Waals surface area contributed by atoms with Gasteiger partial charge in [-0.15, -0.1) is 0 Å². The van der Waals surface area contributed by atoms with E-state index in [1.165, 1.54) is 22.3 Å². The minimum atomic E-state index is -1.20. The molecule has 39 heavy (non-hydrogen) atoms. The quantitative estimate of drug-likeness (QED) is 0.184. The number of fused-ring (bicyclic) bond motifs is 1. The lowest BCUT2D eigenvalue weighted by molar-refractivity contribution is 0.157. The van der Waals surface area contributed by atoms with E-state index in [1.807, 2.05) is 20.8 Å². The molecule has 2 aliphatic rings. The first-order valence-electron chi connectivity index (χ1n) is 14.0. The molecule has 208 valence electrons. The molecule has 0 bridgehead atoms. The van der Waals surface area contributed by atoms with Crippen LogP contribution < -0.4 is 16.4 Å². The van der Waals surface area contributed by atoms with Gasteiger partial charge in [-0.05, 0) is 73.6 Å². The van der Waals surface area contributed by atoms with E-state index in [4.69, 9.17) is 10.5 Å². The van der Waals surface area contributed by atoms with Crippen LogP contribution in [0, 0.1) is 0 Å². The molecule has 0 amide bonds.